The molecule has 1 heterocycles. The van der Waals surface area contributed by atoms with E-state index in [9.17, 15) is 0 Å². The Kier molecular flexibility index (Phi) is 5.62. The van der Waals surface area contributed by atoms with Crippen LogP contribution in [0.15, 0.2) is 6.07 Å². The summed E-state index contributed by atoms with van der Waals surface area (Å²) in [5.74, 6) is 2.31. The fraction of sp³-hybridized carbons (Fsp3) is 0.750. The van der Waals surface area contributed by atoms with Gasteiger partial charge < -0.3 is 10.1 Å². The Morgan fingerprint density at radius 2 is 1.95 bits per heavy atom. The first kappa shape index (κ1) is 15.1. The highest BCUT2D eigenvalue weighted by Crippen LogP contribution is 2.28. The molecule has 4 nitrogen and oxygen atoms in total. The van der Waals surface area contributed by atoms with Crippen molar-refractivity contribution >= 4 is 5.95 Å². The third-order valence-corrected chi connectivity index (χ3v) is 4.04. The predicted molar refractivity (Wildman–Crippen MR) is 82.2 cm³/mol. The van der Waals surface area contributed by atoms with Crippen LogP contribution in [0.1, 0.15) is 58.1 Å². The Morgan fingerprint density at radius 3 is 2.60 bits per heavy atom. The van der Waals surface area contributed by atoms with Crippen molar-refractivity contribution in [3.8, 4) is 5.88 Å². The number of hydrogen-bond donors (Lipinski definition) is 1. The summed E-state index contributed by atoms with van der Waals surface area (Å²) in [7, 11) is 0. The molecular formula is C16H27N3O. The van der Waals surface area contributed by atoms with E-state index in [1.54, 1.807) is 0 Å². The van der Waals surface area contributed by atoms with Crippen molar-refractivity contribution in [2.75, 3.05) is 11.9 Å². The maximum absolute atomic E-state index is 5.61. The Bertz CT molecular complexity index is 414. The first-order chi connectivity index (χ1) is 9.71. The van der Waals surface area contributed by atoms with Gasteiger partial charge in [-0.1, -0.05) is 20.3 Å². The molecule has 1 saturated carbocycles. The van der Waals surface area contributed by atoms with Gasteiger partial charge in [-0.25, -0.2) is 4.98 Å². The second kappa shape index (κ2) is 7.46. The Labute approximate surface area is 122 Å². The quantitative estimate of drug-likeness (QED) is 0.855. The summed E-state index contributed by atoms with van der Waals surface area (Å²) in [6.45, 7) is 7.08. The normalized spacial score (nSPS) is 22.6. The van der Waals surface area contributed by atoms with Gasteiger partial charge in [0.25, 0.3) is 0 Å². The molecule has 0 spiro atoms. The summed E-state index contributed by atoms with van der Waals surface area (Å²) < 4.78 is 5.61. The third-order valence-electron chi connectivity index (χ3n) is 4.04. The summed E-state index contributed by atoms with van der Waals surface area (Å²) in [5, 5.41) is 3.48. The van der Waals surface area contributed by atoms with Gasteiger partial charge in [0.1, 0.15) is 0 Å². The zero-order valence-electron chi connectivity index (χ0n) is 13.0. The number of nitrogens with one attached hydrogen (secondary N) is 1. The molecule has 0 atom stereocenters. The van der Waals surface area contributed by atoms with E-state index in [2.05, 4.69) is 29.1 Å². The van der Waals surface area contributed by atoms with Gasteiger partial charge in [0.05, 0.1) is 6.61 Å². The van der Waals surface area contributed by atoms with Crippen molar-refractivity contribution in [1.29, 1.82) is 0 Å². The van der Waals surface area contributed by atoms with Crippen LogP contribution in [0.4, 0.5) is 5.95 Å². The van der Waals surface area contributed by atoms with E-state index in [1.165, 1.54) is 32.1 Å². The van der Waals surface area contributed by atoms with Gasteiger partial charge in [0.15, 0.2) is 0 Å². The summed E-state index contributed by atoms with van der Waals surface area (Å²) in [6, 6.07) is 2.41. The van der Waals surface area contributed by atoms with Crippen LogP contribution in [0.5, 0.6) is 5.88 Å². The smallest absolute Gasteiger partial charge is 0.226 e. The number of nitrogens with zero attached hydrogens (tertiary/aromatic N) is 2. The topological polar surface area (TPSA) is 47.0 Å². The molecule has 1 aliphatic rings. The van der Waals surface area contributed by atoms with Gasteiger partial charge >= 0.3 is 0 Å². The molecule has 1 aromatic heterocycles. The van der Waals surface area contributed by atoms with E-state index >= 15 is 0 Å². The lowest BCUT2D eigenvalue weighted by atomic mass is 9.85. The number of ether oxygens (including phenoxy) is 1. The van der Waals surface area contributed by atoms with E-state index in [-0.39, 0.29) is 0 Å². The van der Waals surface area contributed by atoms with Gasteiger partial charge in [-0.05, 0) is 44.9 Å². The van der Waals surface area contributed by atoms with Crippen molar-refractivity contribution in [2.24, 2.45) is 5.92 Å². The van der Waals surface area contributed by atoms with Crippen LogP contribution >= 0.6 is 0 Å². The zero-order valence-corrected chi connectivity index (χ0v) is 13.0. The average molecular weight is 277 g/mol. The van der Waals surface area contributed by atoms with E-state index in [4.69, 9.17) is 4.74 Å². The van der Waals surface area contributed by atoms with E-state index in [0.717, 1.165) is 24.0 Å². The SMILES string of the molecule is CCCOc1cc(C)nc(NC2CCC(CC)CC2)n1. The number of aromatic nitrogens is 2. The molecule has 112 valence electrons. The molecule has 0 bridgehead atoms. The van der Waals surface area contributed by atoms with Crippen molar-refractivity contribution in [1.82, 2.24) is 9.97 Å². The van der Waals surface area contributed by atoms with Crippen LogP contribution in [-0.4, -0.2) is 22.6 Å². The van der Waals surface area contributed by atoms with E-state index in [1.807, 2.05) is 13.0 Å². The molecule has 1 aromatic rings. The summed E-state index contributed by atoms with van der Waals surface area (Å²) in [4.78, 5) is 8.93. The minimum Gasteiger partial charge on any atom is -0.478 e. The first-order valence-corrected chi connectivity index (χ1v) is 7.96. The molecule has 0 radical (unpaired) electrons. The summed E-state index contributed by atoms with van der Waals surface area (Å²) in [5.41, 5.74) is 0.954. The molecule has 0 aliphatic heterocycles. The van der Waals surface area contributed by atoms with Crippen LogP contribution in [0.2, 0.25) is 0 Å². The second-order valence-electron chi connectivity index (χ2n) is 5.79. The number of aryl methyl sites for hydroxylation is 1. The fourth-order valence-corrected chi connectivity index (χ4v) is 2.78. The van der Waals surface area contributed by atoms with E-state index in [0.29, 0.717) is 18.5 Å². The van der Waals surface area contributed by atoms with Gasteiger partial charge in [0.2, 0.25) is 11.8 Å². The average Bonchev–Trinajstić information content (AvgIpc) is 2.45. The van der Waals surface area contributed by atoms with Gasteiger partial charge in [-0.3, -0.25) is 0 Å². The fourth-order valence-electron chi connectivity index (χ4n) is 2.78. The monoisotopic (exact) mass is 277 g/mol. The van der Waals surface area contributed by atoms with Crippen LogP contribution in [-0.2, 0) is 0 Å². The summed E-state index contributed by atoms with van der Waals surface area (Å²) >= 11 is 0. The molecule has 0 saturated heterocycles. The number of rotatable bonds is 6. The van der Waals surface area contributed by atoms with Crippen molar-refractivity contribution in [3.05, 3.63) is 11.8 Å². The standard InChI is InChI=1S/C16H27N3O/c1-4-10-20-15-11-12(3)17-16(19-15)18-14-8-6-13(5-2)7-9-14/h11,13-14H,4-10H2,1-3H3,(H,17,18,19). The van der Waals surface area contributed by atoms with Crippen LogP contribution in [0.3, 0.4) is 0 Å². The van der Waals surface area contributed by atoms with Crippen LogP contribution in [0, 0.1) is 12.8 Å². The molecule has 0 amide bonds. The molecule has 1 aliphatic carbocycles. The minimum absolute atomic E-state index is 0.513. The molecule has 2 rings (SSSR count). The largest absolute Gasteiger partial charge is 0.478 e. The lowest BCUT2D eigenvalue weighted by Crippen LogP contribution is -2.27. The highest BCUT2D eigenvalue weighted by molar-refractivity contribution is 5.31. The third kappa shape index (κ3) is 4.36. The molecule has 4 heteroatoms. The lowest BCUT2D eigenvalue weighted by molar-refractivity contribution is 0.304. The minimum atomic E-state index is 0.513. The van der Waals surface area contributed by atoms with Gasteiger partial charge in [0, 0.05) is 17.8 Å². The molecule has 1 fully saturated rings. The van der Waals surface area contributed by atoms with Crippen molar-refractivity contribution < 1.29 is 4.74 Å². The van der Waals surface area contributed by atoms with Gasteiger partial charge in [-0.2, -0.15) is 4.98 Å². The van der Waals surface area contributed by atoms with Crippen LogP contribution < -0.4 is 10.1 Å². The Hall–Kier alpha value is -1.32. The van der Waals surface area contributed by atoms with Crippen LogP contribution in [0.25, 0.3) is 0 Å². The number of hydrogen-bond acceptors (Lipinski definition) is 4. The molecular weight excluding hydrogens is 250 g/mol. The Balaban J connectivity index is 1.93. The maximum atomic E-state index is 5.61. The second-order valence-corrected chi connectivity index (χ2v) is 5.79. The lowest BCUT2D eigenvalue weighted by Gasteiger charge is -2.28. The maximum Gasteiger partial charge on any atom is 0.226 e. The van der Waals surface area contributed by atoms with Crippen molar-refractivity contribution in [2.45, 2.75) is 65.3 Å². The molecule has 1 N–H and O–H groups in total. The van der Waals surface area contributed by atoms with Crippen molar-refractivity contribution in [3.63, 3.8) is 0 Å². The predicted octanol–water partition coefficient (Wildman–Crippen LogP) is 3.95. The highest BCUT2D eigenvalue weighted by atomic mass is 16.5. The number of anilines is 1. The zero-order chi connectivity index (χ0) is 14.4. The highest BCUT2D eigenvalue weighted by Gasteiger charge is 2.20. The Morgan fingerprint density at radius 1 is 1.20 bits per heavy atom. The molecule has 20 heavy (non-hydrogen) atoms. The molecule has 0 unspecified atom stereocenters. The summed E-state index contributed by atoms with van der Waals surface area (Å²) in [6.07, 6.45) is 7.38. The first-order valence-electron chi connectivity index (χ1n) is 7.96. The van der Waals surface area contributed by atoms with Gasteiger partial charge in [-0.15, -0.1) is 0 Å². The van der Waals surface area contributed by atoms with E-state index < -0.39 is 0 Å². The molecule has 0 aromatic carbocycles.